The summed E-state index contributed by atoms with van der Waals surface area (Å²) in [5, 5.41) is 13.9. The lowest BCUT2D eigenvalue weighted by atomic mass is 9.99. The Labute approximate surface area is 198 Å². The van der Waals surface area contributed by atoms with Crippen molar-refractivity contribution in [1.82, 2.24) is 9.88 Å². The van der Waals surface area contributed by atoms with Crippen molar-refractivity contribution < 1.29 is 9.52 Å². The Balaban J connectivity index is 1.51. The van der Waals surface area contributed by atoms with Gasteiger partial charge in [-0.15, -0.1) is 11.3 Å². The number of phenolic OH excluding ortho intramolecular Hbond substituents is 1. The second-order valence-electron chi connectivity index (χ2n) is 8.46. The van der Waals surface area contributed by atoms with E-state index in [-0.39, 0.29) is 5.75 Å². The Kier molecular flexibility index (Phi) is 5.88. The van der Waals surface area contributed by atoms with E-state index in [1.807, 2.05) is 35.7 Å². The van der Waals surface area contributed by atoms with Crippen molar-refractivity contribution in [2.45, 2.75) is 26.3 Å². The van der Waals surface area contributed by atoms with E-state index in [0.717, 1.165) is 40.6 Å². The van der Waals surface area contributed by atoms with Gasteiger partial charge >= 0.3 is 5.63 Å². The van der Waals surface area contributed by atoms with Crippen molar-refractivity contribution in [3.63, 3.8) is 0 Å². The second kappa shape index (κ2) is 8.81. The Morgan fingerprint density at radius 3 is 2.84 bits per heavy atom. The van der Waals surface area contributed by atoms with E-state index < -0.39 is 5.63 Å². The predicted octanol–water partition coefficient (Wildman–Crippen LogP) is 6.28. The number of benzene rings is 2. The van der Waals surface area contributed by atoms with Gasteiger partial charge < -0.3 is 9.52 Å². The lowest BCUT2D eigenvalue weighted by Gasteiger charge is -2.31. The van der Waals surface area contributed by atoms with Gasteiger partial charge in [0.2, 0.25) is 0 Å². The largest absolute Gasteiger partial charge is 0.507 e. The standard InChI is InChI=1S/C25H23BrN2O3S/c1-15-3-2-10-28(12-15)13-20-22(29)9-6-17-11-19(25(30)31-23(17)20)24-27-21(14-32-24)16-4-7-18(26)8-5-16/h4-9,11,14-15,29H,2-3,10,12-13H2,1H3/t15-/m0/s1. The van der Waals surface area contributed by atoms with E-state index in [9.17, 15) is 9.90 Å². The van der Waals surface area contributed by atoms with Crippen molar-refractivity contribution in [2.24, 2.45) is 5.92 Å². The zero-order valence-electron chi connectivity index (χ0n) is 17.7. The molecule has 0 radical (unpaired) electrons. The van der Waals surface area contributed by atoms with Crippen LogP contribution in [0.25, 0.3) is 32.8 Å². The van der Waals surface area contributed by atoms with Crippen LogP contribution in [0.3, 0.4) is 0 Å². The van der Waals surface area contributed by atoms with Crippen molar-refractivity contribution in [1.29, 1.82) is 0 Å². The first-order valence-corrected chi connectivity index (χ1v) is 12.4. The molecule has 1 aliphatic rings. The van der Waals surface area contributed by atoms with Crippen LogP contribution in [-0.2, 0) is 6.54 Å². The molecule has 32 heavy (non-hydrogen) atoms. The van der Waals surface area contributed by atoms with Crippen LogP contribution in [0.5, 0.6) is 5.75 Å². The fourth-order valence-electron chi connectivity index (χ4n) is 4.34. The number of halogens is 1. The zero-order chi connectivity index (χ0) is 22.2. The molecule has 0 unspecified atom stereocenters. The summed E-state index contributed by atoms with van der Waals surface area (Å²) in [4.78, 5) is 19.9. The summed E-state index contributed by atoms with van der Waals surface area (Å²) in [7, 11) is 0. The Morgan fingerprint density at radius 1 is 1.25 bits per heavy atom. The van der Waals surface area contributed by atoms with E-state index in [2.05, 4.69) is 32.7 Å². The van der Waals surface area contributed by atoms with Gasteiger partial charge in [-0.1, -0.05) is 35.0 Å². The maximum Gasteiger partial charge on any atom is 0.346 e. The molecular formula is C25H23BrN2O3S. The van der Waals surface area contributed by atoms with Crippen molar-refractivity contribution in [3.05, 3.63) is 68.3 Å². The number of phenols is 1. The van der Waals surface area contributed by atoms with Crippen LogP contribution >= 0.6 is 27.3 Å². The highest BCUT2D eigenvalue weighted by atomic mass is 79.9. The van der Waals surface area contributed by atoms with Crippen molar-refractivity contribution in [2.75, 3.05) is 13.1 Å². The topological polar surface area (TPSA) is 66.6 Å². The fraction of sp³-hybridized carbons (Fsp3) is 0.280. The molecule has 4 aromatic rings. The smallest absolute Gasteiger partial charge is 0.346 e. The minimum absolute atomic E-state index is 0.165. The highest BCUT2D eigenvalue weighted by Crippen LogP contribution is 2.33. The molecule has 0 bridgehead atoms. The first-order chi connectivity index (χ1) is 15.5. The number of likely N-dealkylation sites (tertiary alicyclic amines) is 1. The first kappa shape index (κ1) is 21.4. The molecule has 5 rings (SSSR count). The summed E-state index contributed by atoms with van der Waals surface area (Å²) >= 11 is 4.87. The highest BCUT2D eigenvalue weighted by Gasteiger charge is 2.21. The van der Waals surface area contributed by atoms with Crippen LogP contribution < -0.4 is 5.63 Å². The van der Waals surface area contributed by atoms with Crippen LogP contribution in [0, 0.1) is 5.92 Å². The molecule has 3 heterocycles. The average Bonchev–Trinajstić information content (AvgIpc) is 3.26. The number of thiazole rings is 1. The molecule has 0 saturated carbocycles. The Bertz CT molecular complexity index is 1330. The first-order valence-electron chi connectivity index (χ1n) is 10.7. The van der Waals surface area contributed by atoms with Crippen LogP contribution in [0.2, 0.25) is 0 Å². The molecule has 1 fully saturated rings. The molecule has 1 N–H and O–H groups in total. The summed E-state index contributed by atoms with van der Waals surface area (Å²) in [6.07, 6.45) is 2.37. The number of piperidine rings is 1. The fourth-order valence-corrected chi connectivity index (χ4v) is 5.43. The van der Waals surface area contributed by atoms with Crippen LogP contribution in [0.4, 0.5) is 0 Å². The monoisotopic (exact) mass is 510 g/mol. The number of hydrogen-bond acceptors (Lipinski definition) is 6. The number of nitrogens with zero attached hydrogens (tertiary/aromatic N) is 2. The van der Waals surface area contributed by atoms with Gasteiger partial charge in [0.15, 0.2) is 0 Å². The van der Waals surface area contributed by atoms with Crippen molar-refractivity contribution in [3.8, 4) is 27.6 Å². The molecule has 2 aromatic heterocycles. The maximum absolute atomic E-state index is 12.9. The quantitative estimate of drug-likeness (QED) is 0.327. The molecule has 164 valence electrons. The highest BCUT2D eigenvalue weighted by molar-refractivity contribution is 9.10. The third kappa shape index (κ3) is 4.25. The van der Waals surface area contributed by atoms with Crippen LogP contribution in [-0.4, -0.2) is 28.1 Å². The summed E-state index contributed by atoms with van der Waals surface area (Å²) in [6, 6.07) is 13.2. The molecule has 7 heteroatoms. The number of fused-ring (bicyclic) bond motifs is 1. The molecule has 1 aliphatic heterocycles. The summed E-state index contributed by atoms with van der Waals surface area (Å²) < 4.78 is 6.78. The van der Waals surface area contributed by atoms with E-state index in [1.54, 1.807) is 12.1 Å². The molecule has 1 saturated heterocycles. The van der Waals surface area contributed by atoms with Gasteiger partial charge in [-0.2, -0.15) is 0 Å². The van der Waals surface area contributed by atoms with Crippen LogP contribution in [0.15, 0.2) is 61.5 Å². The normalized spacial score (nSPS) is 17.1. The van der Waals surface area contributed by atoms with Gasteiger partial charge in [0.05, 0.1) is 16.8 Å². The molecular weight excluding hydrogens is 488 g/mol. The maximum atomic E-state index is 12.9. The Hall–Kier alpha value is -2.48. The zero-order valence-corrected chi connectivity index (χ0v) is 20.1. The number of aromatic hydroxyl groups is 1. The molecule has 0 spiro atoms. The molecule has 2 aromatic carbocycles. The summed E-state index contributed by atoms with van der Waals surface area (Å²) in [5.74, 6) is 0.794. The number of rotatable bonds is 4. The minimum Gasteiger partial charge on any atom is -0.507 e. The summed E-state index contributed by atoms with van der Waals surface area (Å²) in [6.45, 7) is 4.79. The lowest BCUT2D eigenvalue weighted by molar-refractivity contribution is 0.175. The van der Waals surface area contributed by atoms with Gasteiger partial charge in [0, 0.05) is 33.9 Å². The molecule has 1 atom stereocenters. The minimum atomic E-state index is -0.437. The molecule has 0 aliphatic carbocycles. The lowest BCUT2D eigenvalue weighted by Crippen LogP contribution is -2.33. The third-order valence-electron chi connectivity index (χ3n) is 5.98. The predicted molar refractivity (Wildman–Crippen MR) is 132 cm³/mol. The molecule has 5 nitrogen and oxygen atoms in total. The van der Waals surface area contributed by atoms with Crippen molar-refractivity contribution >= 4 is 38.2 Å². The summed E-state index contributed by atoms with van der Waals surface area (Å²) in [5.41, 5.74) is 2.95. The van der Waals surface area contributed by atoms with Gasteiger partial charge in [-0.05, 0) is 55.6 Å². The van der Waals surface area contributed by atoms with E-state index >= 15 is 0 Å². The van der Waals surface area contributed by atoms with Crippen LogP contribution in [0.1, 0.15) is 25.3 Å². The van der Waals surface area contributed by atoms with Gasteiger partial charge in [-0.25, -0.2) is 9.78 Å². The van der Waals surface area contributed by atoms with Gasteiger partial charge in [0.25, 0.3) is 0 Å². The second-order valence-corrected chi connectivity index (χ2v) is 10.2. The number of aromatic nitrogens is 1. The van der Waals surface area contributed by atoms with Gasteiger partial charge in [0.1, 0.15) is 16.3 Å². The van der Waals surface area contributed by atoms with Gasteiger partial charge in [-0.3, -0.25) is 4.90 Å². The Morgan fingerprint density at radius 2 is 2.06 bits per heavy atom. The number of hydrogen-bond donors (Lipinski definition) is 1. The average molecular weight is 511 g/mol. The molecule has 0 amide bonds. The van der Waals surface area contributed by atoms with E-state index in [0.29, 0.717) is 34.2 Å². The third-order valence-corrected chi connectivity index (χ3v) is 7.38. The van der Waals surface area contributed by atoms with E-state index in [1.165, 1.54) is 17.8 Å². The SMILES string of the molecule is C[C@H]1CCCN(Cc2c(O)ccc3cc(-c4nc(-c5ccc(Br)cc5)cs4)c(=O)oc23)C1. The van der Waals surface area contributed by atoms with E-state index in [4.69, 9.17) is 4.42 Å².